The summed E-state index contributed by atoms with van der Waals surface area (Å²) in [5.41, 5.74) is 3.05. The van der Waals surface area contributed by atoms with E-state index in [0.29, 0.717) is 5.92 Å². The topological polar surface area (TPSA) is 20.2 Å². The summed E-state index contributed by atoms with van der Waals surface area (Å²) < 4.78 is 0. The second kappa shape index (κ2) is 4.21. The lowest BCUT2D eigenvalue weighted by molar-refractivity contribution is -0.0544. The molecule has 0 amide bonds. The van der Waals surface area contributed by atoms with Crippen molar-refractivity contribution in [3.63, 3.8) is 0 Å². The lowest BCUT2D eigenvalue weighted by atomic mass is 9.49. The van der Waals surface area contributed by atoms with Gasteiger partial charge in [-0.3, -0.25) is 0 Å². The van der Waals surface area contributed by atoms with Crippen LogP contribution in [0.1, 0.15) is 44.2 Å². The highest BCUT2D eigenvalue weighted by molar-refractivity contribution is 5.39. The van der Waals surface area contributed by atoms with E-state index < -0.39 is 0 Å². The molecule has 1 saturated carbocycles. The van der Waals surface area contributed by atoms with Crippen LogP contribution in [0.5, 0.6) is 0 Å². The molecule has 1 nitrogen and oxygen atoms in total. The summed E-state index contributed by atoms with van der Waals surface area (Å²) in [6.45, 7) is 8.61. The Morgan fingerprint density at radius 2 is 2.00 bits per heavy atom. The SMILES string of the molecule is C=C[C@]1(C)[C@@H](O)CC[C@]2(C)c3ccccc3CC[C@@H]12. The number of aryl methyl sites for hydroxylation is 1. The minimum atomic E-state index is -0.242. The molecule has 2 aliphatic rings. The van der Waals surface area contributed by atoms with E-state index in [0.717, 1.165) is 25.7 Å². The molecule has 2 aliphatic carbocycles. The fraction of sp³-hybridized carbons (Fsp3) is 0.556. The van der Waals surface area contributed by atoms with Crippen LogP contribution in [0.2, 0.25) is 0 Å². The molecular weight excluding hydrogens is 232 g/mol. The number of benzene rings is 1. The molecule has 0 aliphatic heterocycles. The highest BCUT2D eigenvalue weighted by Gasteiger charge is 2.54. The van der Waals surface area contributed by atoms with Crippen molar-refractivity contribution in [2.24, 2.45) is 11.3 Å². The molecular formula is C18H24O. The van der Waals surface area contributed by atoms with Crippen LogP contribution in [0, 0.1) is 11.3 Å². The van der Waals surface area contributed by atoms with Crippen molar-refractivity contribution in [2.75, 3.05) is 0 Å². The van der Waals surface area contributed by atoms with Crippen LogP contribution in [-0.2, 0) is 11.8 Å². The van der Waals surface area contributed by atoms with E-state index in [4.69, 9.17) is 0 Å². The summed E-state index contributed by atoms with van der Waals surface area (Å²) >= 11 is 0. The van der Waals surface area contributed by atoms with Crippen molar-refractivity contribution >= 4 is 0 Å². The second-order valence-corrected chi connectivity index (χ2v) is 6.79. The Bertz CT molecular complexity index is 506. The largest absolute Gasteiger partial charge is 0.392 e. The molecule has 1 N–H and O–H groups in total. The minimum Gasteiger partial charge on any atom is -0.392 e. The predicted octanol–water partition coefficient (Wildman–Crippen LogP) is 3.85. The van der Waals surface area contributed by atoms with Crippen molar-refractivity contribution in [3.8, 4) is 0 Å². The fourth-order valence-corrected chi connectivity index (χ4v) is 4.67. The molecule has 0 heterocycles. The molecule has 0 saturated heterocycles. The van der Waals surface area contributed by atoms with Gasteiger partial charge in [0.2, 0.25) is 0 Å². The van der Waals surface area contributed by atoms with Gasteiger partial charge in [0.1, 0.15) is 0 Å². The quantitative estimate of drug-likeness (QED) is 0.757. The second-order valence-electron chi connectivity index (χ2n) is 6.79. The van der Waals surface area contributed by atoms with Gasteiger partial charge in [-0.2, -0.15) is 0 Å². The van der Waals surface area contributed by atoms with Gasteiger partial charge in [-0.05, 0) is 48.1 Å². The van der Waals surface area contributed by atoms with Crippen molar-refractivity contribution in [3.05, 3.63) is 48.0 Å². The first-order valence-corrected chi connectivity index (χ1v) is 7.42. The fourth-order valence-electron chi connectivity index (χ4n) is 4.67. The molecule has 4 atom stereocenters. The van der Waals surface area contributed by atoms with Gasteiger partial charge in [0.05, 0.1) is 6.10 Å². The summed E-state index contributed by atoms with van der Waals surface area (Å²) in [4.78, 5) is 0. The molecule has 102 valence electrons. The van der Waals surface area contributed by atoms with E-state index in [-0.39, 0.29) is 16.9 Å². The number of hydrogen-bond acceptors (Lipinski definition) is 1. The summed E-state index contributed by atoms with van der Waals surface area (Å²) in [6.07, 6.45) is 6.02. The number of aliphatic hydroxyl groups is 1. The maximum absolute atomic E-state index is 10.5. The summed E-state index contributed by atoms with van der Waals surface area (Å²) in [6, 6.07) is 8.87. The Morgan fingerprint density at radius 1 is 1.26 bits per heavy atom. The summed E-state index contributed by atoms with van der Waals surface area (Å²) in [7, 11) is 0. The molecule has 3 rings (SSSR count). The Morgan fingerprint density at radius 3 is 2.74 bits per heavy atom. The average molecular weight is 256 g/mol. The number of rotatable bonds is 1. The first-order chi connectivity index (χ1) is 9.02. The lowest BCUT2D eigenvalue weighted by Gasteiger charge is -2.56. The Balaban J connectivity index is 2.13. The normalized spacial score (nSPS) is 41.2. The molecule has 0 unspecified atom stereocenters. The van der Waals surface area contributed by atoms with Crippen LogP contribution in [0.15, 0.2) is 36.9 Å². The van der Waals surface area contributed by atoms with Crippen LogP contribution < -0.4 is 0 Å². The summed E-state index contributed by atoms with van der Waals surface area (Å²) in [5.74, 6) is 0.496. The summed E-state index contributed by atoms with van der Waals surface area (Å²) in [5, 5.41) is 10.5. The van der Waals surface area contributed by atoms with E-state index in [1.165, 1.54) is 11.1 Å². The predicted molar refractivity (Wildman–Crippen MR) is 79.1 cm³/mol. The van der Waals surface area contributed by atoms with Crippen LogP contribution in [-0.4, -0.2) is 11.2 Å². The zero-order valence-corrected chi connectivity index (χ0v) is 12.0. The highest BCUT2D eigenvalue weighted by Crippen LogP contribution is 2.57. The molecule has 1 aromatic rings. The number of fused-ring (bicyclic) bond motifs is 3. The standard InChI is InChI=1S/C18H24O/c1-4-17(2)15-10-9-13-7-5-6-8-14(13)18(15,3)12-11-16(17)19/h4-8,15-16,19H,1,9-12H2,2-3H3/t15-,16-,17-,18+/m0/s1. The van der Waals surface area contributed by atoms with Gasteiger partial charge >= 0.3 is 0 Å². The van der Waals surface area contributed by atoms with Crippen LogP contribution >= 0.6 is 0 Å². The zero-order valence-electron chi connectivity index (χ0n) is 12.0. The van der Waals surface area contributed by atoms with Crippen LogP contribution in [0.3, 0.4) is 0 Å². The van der Waals surface area contributed by atoms with Gasteiger partial charge in [-0.1, -0.05) is 44.2 Å². The molecule has 1 aromatic carbocycles. The van der Waals surface area contributed by atoms with E-state index in [1.54, 1.807) is 0 Å². The van der Waals surface area contributed by atoms with Gasteiger partial charge in [0.15, 0.2) is 0 Å². The van der Waals surface area contributed by atoms with Crippen LogP contribution in [0.4, 0.5) is 0 Å². The van der Waals surface area contributed by atoms with Crippen molar-refractivity contribution < 1.29 is 5.11 Å². The third kappa shape index (κ3) is 1.64. The average Bonchev–Trinajstić information content (AvgIpc) is 2.43. The highest BCUT2D eigenvalue weighted by atomic mass is 16.3. The van der Waals surface area contributed by atoms with Crippen LogP contribution in [0.25, 0.3) is 0 Å². The maximum atomic E-state index is 10.5. The van der Waals surface area contributed by atoms with Crippen molar-refractivity contribution in [2.45, 2.75) is 51.0 Å². The van der Waals surface area contributed by atoms with E-state index in [9.17, 15) is 5.11 Å². The molecule has 19 heavy (non-hydrogen) atoms. The Hall–Kier alpha value is -1.08. The zero-order chi connectivity index (χ0) is 13.7. The monoisotopic (exact) mass is 256 g/mol. The third-order valence-corrected chi connectivity index (χ3v) is 5.95. The molecule has 0 radical (unpaired) electrons. The molecule has 0 bridgehead atoms. The van der Waals surface area contributed by atoms with Gasteiger partial charge < -0.3 is 5.11 Å². The first kappa shape index (κ1) is 12.9. The molecule has 0 aromatic heterocycles. The van der Waals surface area contributed by atoms with Crippen molar-refractivity contribution in [1.29, 1.82) is 0 Å². The lowest BCUT2D eigenvalue weighted by Crippen LogP contribution is -2.54. The van der Waals surface area contributed by atoms with Gasteiger partial charge in [-0.15, -0.1) is 6.58 Å². The minimum absolute atomic E-state index is 0.152. The Labute approximate surface area is 116 Å². The molecule has 1 heteroatoms. The first-order valence-electron chi connectivity index (χ1n) is 7.42. The van der Waals surface area contributed by atoms with Gasteiger partial charge in [-0.25, -0.2) is 0 Å². The van der Waals surface area contributed by atoms with Crippen molar-refractivity contribution in [1.82, 2.24) is 0 Å². The van der Waals surface area contributed by atoms with Gasteiger partial charge in [0.25, 0.3) is 0 Å². The molecule has 0 spiro atoms. The smallest absolute Gasteiger partial charge is 0.0631 e. The van der Waals surface area contributed by atoms with E-state index in [2.05, 4.69) is 44.7 Å². The third-order valence-electron chi connectivity index (χ3n) is 5.95. The van der Waals surface area contributed by atoms with Gasteiger partial charge in [0, 0.05) is 5.41 Å². The number of aliphatic hydroxyl groups excluding tert-OH is 1. The molecule has 1 fully saturated rings. The Kier molecular flexibility index (Phi) is 2.86. The van der Waals surface area contributed by atoms with E-state index in [1.807, 2.05) is 6.08 Å². The van der Waals surface area contributed by atoms with E-state index >= 15 is 0 Å². The number of hydrogen-bond donors (Lipinski definition) is 1. The maximum Gasteiger partial charge on any atom is 0.0631 e.